The molecule has 0 aromatic carbocycles. The van der Waals surface area contributed by atoms with Crippen molar-refractivity contribution in [3.05, 3.63) is 0 Å². The van der Waals surface area contributed by atoms with Crippen molar-refractivity contribution in [3.8, 4) is 0 Å². The molecule has 0 spiro atoms. The van der Waals surface area contributed by atoms with Gasteiger partial charge in [0.05, 0.1) is 5.54 Å². The Kier molecular flexibility index (Phi) is 5.60. The summed E-state index contributed by atoms with van der Waals surface area (Å²) in [5.41, 5.74) is 5.64. The van der Waals surface area contributed by atoms with E-state index in [9.17, 15) is 4.79 Å². The smallest absolute Gasteiger partial charge is 0.240 e. The van der Waals surface area contributed by atoms with Crippen molar-refractivity contribution in [3.63, 3.8) is 0 Å². The quantitative estimate of drug-likeness (QED) is 0.779. The van der Waals surface area contributed by atoms with Gasteiger partial charge in [-0.3, -0.25) is 4.79 Å². The first-order valence-corrected chi connectivity index (χ1v) is 7.08. The maximum absolute atomic E-state index is 12.3. The highest BCUT2D eigenvalue weighted by molar-refractivity contribution is 5.86. The van der Waals surface area contributed by atoms with Crippen molar-refractivity contribution >= 4 is 5.91 Å². The molecule has 3 N–H and O–H groups in total. The number of nitrogens with one attached hydrogen (secondary N) is 1. The molecule has 1 amide bonds. The van der Waals surface area contributed by atoms with Gasteiger partial charge < -0.3 is 16.0 Å². The molecule has 1 aliphatic rings. The van der Waals surface area contributed by atoms with Gasteiger partial charge in [0.25, 0.3) is 0 Å². The minimum Gasteiger partial charge on any atom is -0.352 e. The predicted octanol–water partition coefficient (Wildman–Crippen LogP) is 1.35. The van der Waals surface area contributed by atoms with E-state index >= 15 is 0 Å². The van der Waals surface area contributed by atoms with Crippen molar-refractivity contribution < 1.29 is 4.79 Å². The molecule has 106 valence electrons. The van der Waals surface area contributed by atoms with Crippen molar-refractivity contribution in [1.82, 2.24) is 10.2 Å². The molecular weight excluding hydrogens is 226 g/mol. The Morgan fingerprint density at radius 1 is 1.56 bits per heavy atom. The molecular formula is C14H29N3O. The fourth-order valence-corrected chi connectivity index (χ4v) is 2.69. The van der Waals surface area contributed by atoms with Crippen LogP contribution in [0.5, 0.6) is 0 Å². The van der Waals surface area contributed by atoms with E-state index in [1.54, 1.807) is 0 Å². The molecule has 1 fully saturated rings. The molecule has 1 saturated carbocycles. The number of hydrogen-bond acceptors (Lipinski definition) is 3. The lowest BCUT2D eigenvalue weighted by atomic mass is 9.76. The van der Waals surface area contributed by atoms with Crippen LogP contribution in [-0.2, 0) is 4.79 Å². The summed E-state index contributed by atoms with van der Waals surface area (Å²) >= 11 is 0. The Morgan fingerprint density at radius 2 is 2.22 bits per heavy atom. The van der Waals surface area contributed by atoms with Gasteiger partial charge in [-0.1, -0.05) is 19.8 Å². The van der Waals surface area contributed by atoms with Gasteiger partial charge in [-0.15, -0.1) is 0 Å². The van der Waals surface area contributed by atoms with Crippen LogP contribution in [0.15, 0.2) is 0 Å². The van der Waals surface area contributed by atoms with Crippen LogP contribution in [-0.4, -0.2) is 43.0 Å². The average molecular weight is 255 g/mol. The van der Waals surface area contributed by atoms with Crippen LogP contribution in [0.1, 0.15) is 46.0 Å². The number of hydrogen-bond donors (Lipinski definition) is 2. The summed E-state index contributed by atoms with van der Waals surface area (Å²) in [7, 11) is 4.09. The van der Waals surface area contributed by atoms with Gasteiger partial charge >= 0.3 is 0 Å². The zero-order valence-corrected chi connectivity index (χ0v) is 12.3. The topological polar surface area (TPSA) is 58.4 Å². The molecule has 1 rings (SSSR count). The summed E-state index contributed by atoms with van der Waals surface area (Å²) in [4.78, 5) is 14.4. The summed E-state index contributed by atoms with van der Waals surface area (Å²) < 4.78 is 0. The molecule has 0 aromatic heterocycles. The Balaban J connectivity index is 2.43. The molecule has 1 aliphatic carbocycles. The van der Waals surface area contributed by atoms with Gasteiger partial charge in [-0.25, -0.2) is 0 Å². The highest BCUT2D eigenvalue weighted by atomic mass is 16.2. The van der Waals surface area contributed by atoms with Crippen LogP contribution < -0.4 is 11.1 Å². The maximum atomic E-state index is 12.3. The van der Waals surface area contributed by atoms with E-state index in [0.717, 1.165) is 32.2 Å². The average Bonchev–Trinajstić information content (AvgIpc) is 2.26. The van der Waals surface area contributed by atoms with Crippen molar-refractivity contribution in [2.24, 2.45) is 11.7 Å². The molecule has 4 heteroatoms. The van der Waals surface area contributed by atoms with E-state index < -0.39 is 5.54 Å². The van der Waals surface area contributed by atoms with E-state index in [1.165, 1.54) is 6.42 Å². The molecule has 0 saturated heterocycles. The molecule has 18 heavy (non-hydrogen) atoms. The Hall–Kier alpha value is -0.610. The van der Waals surface area contributed by atoms with E-state index in [-0.39, 0.29) is 11.9 Å². The van der Waals surface area contributed by atoms with Crippen LogP contribution in [0.3, 0.4) is 0 Å². The summed E-state index contributed by atoms with van der Waals surface area (Å²) in [5.74, 6) is 0.604. The van der Waals surface area contributed by atoms with E-state index in [0.29, 0.717) is 5.92 Å². The second-order valence-electron chi connectivity index (χ2n) is 6.32. The minimum absolute atomic E-state index is 0.0420. The first kappa shape index (κ1) is 15.4. The highest BCUT2D eigenvalue weighted by Gasteiger charge is 2.38. The van der Waals surface area contributed by atoms with Gasteiger partial charge in [0.2, 0.25) is 5.91 Å². The number of nitrogens with two attached hydrogens (primary N) is 1. The molecule has 4 nitrogen and oxygen atoms in total. The second kappa shape index (κ2) is 6.53. The molecule has 3 unspecified atom stereocenters. The lowest BCUT2D eigenvalue weighted by Crippen LogP contribution is -2.57. The summed E-state index contributed by atoms with van der Waals surface area (Å²) in [6.45, 7) is 5.22. The molecule has 3 atom stereocenters. The largest absolute Gasteiger partial charge is 0.352 e. The third-order valence-corrected chi connectivity index (χ3v) is 3.87. The second-order valence-corrected chi connectivity index (χ2v) is 6.32. The summed E-state index contributed by atoms with van der Waals surface area (Å²) in [6.07, 6.45) is 4.87. The van der Waals surface area contributed by atoms with Crippen molar-refractivity contribution in [2.45, 2.75) is 57.5 Å². The zero-order valence-electron chi connectivity index (χ0n) is 12.3. The number of rotatable bonds is 5. The molecule has 0 bridgehead atoms. The van der Waals surface area contributed by atoms with Gasteiger partial charge in [0.15, 0.2) is 0 Å². The third-order valence-electron chi connectivity index (χ3n) is 3.87. The van der Waals surface area contributed by atoms with Crippen LogP contribution in [0.4, 0.5) is 0 Å². The van der Waals surface area contributed by atoms with Crippen molar-refractivity contribution in [2.75, 3.05) is 20.6 Å². The van der Waals surface area contributed by atoms with Gasteiger partial charge in [0, 0.05) is 6.04 Å². The minimum atomic E-state index is -0.635. The van der Waals surface area contributed by atoms with Crippen molar-refractivity contribution in [1.29, 1.82) is 0 Å². The Bertz CT molecular complexity index is 280. The maximum Gasteiger partial charge on any atom is 0.240 e. The summed E-state index contributed by atoms with van der Waals surface area (Å²) in [6, 6.07) is 0.192. The standard InChI is InChI=1S/C14H29N3O/c1-11-6-5-8-14(15,10-11)13(18)16-12(2)7-9-17(3)4/h11-12H,5-10,15H2,1-4H3,(H,16,18). The van der Waals surface area contributed by atoms with E-state index in [4.69, 9.17) is 5.73 Å². The lowest BCUT2D eigenvalue weighted by molar-refractivity contribution is -0.128. The van der Waals surface area contributed by atoms with E-state index in [1.807, 2.05) is 14.1 Å². The molecule has 0 aromatic rings. The normalized spacial score (nSPS) is 30.2. The lowest BCUT2D eigenvalue weighted by Gasteiger charge is -2.36. The first-order chi connectivity index (χ1) is 8.33. The number of carbonyl (C=O) groups excluding carboxylic acids is 1. The van der Waals surface area contributed by atoms with Crippen LogP contribution >= 0.6 is 0 Å². The Labute approximate surface area is 111 Å². The highest BCUT2D eigenvalue weighted by Crippen LogP contribution is 2.30. The fraction of sp³-hybridized carbons (Fsp3) is 0.929. The summed E-state index contributed by atoms with van der Waals surface area (Å²) in [5, 5.41) is 3.08. The van der Waals surface area contributed by atoms with E-state index in [2.05, 4.69) is 24.1 Å². The molecule has 0 radical (unpaired) electrons. The van der Waals surface area contributed by atoms with Gasteiger partial charge in [-0.05, 0) is 52.7 Å². The predicted molar refractivity (Wildman–Crippen MR) is 75.3 cm³/mol. The SMILES string of the molecule is CC1CCCC(N)(C(=O)NC(C)CCN(C)C)C1. The fourth-order valence-electron chi connectivity index (χ4n) is 2.69. The number of nitrogens with zero attached hydrogens (tertiary/aromatic N) is 1. The third kappa shape index (κ3) is 4.58. The zero-order chi connectivity index (χ0) is 13.8. The van der Waals surface area contributed by atoms with Crippen LogP contribution in [0, 0.1) is 5.92 Å². The number of carbonyl (C=O) groups is 1. The molecule has 0 aliphatic heterocycles. The molecule has 0 heterocycles. The number of amides is 1. The monoisotopic (exact) mass is 255 g/mol. The first-order valence-electron chi connectivity index (χ1n) is 7.08. The van der Waals surface area contributed by atoms with Crippen LogP contribution in [0.2, 0.25) is 0 Å². The Morgan fingerprint density at radius 3 is 2.78 bits per heavy atom. The van der Waals surface area contributed by atoms with Crippen LogP contribution in [0.25, 0.3) is 0 Å². The van der Waals surface area contributed by atoms with Gasteiger partial charge in [0.1, 0.15) is 0 Å². The van der Waals surface area contributed by atoms with Gasteiger partial charge in [-0.2, -0.15) is 0 Å².